The van der Waals surface area contributed by atoms with Crippen LogP contribution in [0.4, 0.5) is 26.3 Å². The molecule has 0 amide bonds. The quantitative estimate of drug-likeness (QED) is 0.0870. The molecule has 9 rings (SSSR count). The van der Waals surface area contributed by atoms with Crippen LogP contribution in [0.5, 0.6) is 0 Å². The van der Waals surface area contributed by atoms with Gasteiger partial charge in [0.15, 0.2) is 47.9 Å². The lowest BCUT2D eigenvalue weighted by atomic mass is 9.91. The van der Waals surface area contributed by atoms with E-state index in [1.54, 1.807) is 42.5 Å². The monoisotopic (exact) mass is 819 g/mol. The van der Waals surface area contributed by atoms with Crippen molar-refractivity contribution in [3.63, 3.8) is 0 Å². The molecule has 9 aromatic rings. The number of hydrogen-bond acceptors (Lipinski definition) is 4. The zero-order chi connectivity index (χ0) is 41.5. The summed E-state index contributed by atoms with van der Waals surface area (Å²) in [6, 6.07) is 45.1. The van der Waals surface area contributed by atoms with Crippen molar-refractivity contribution in [2.24, 2.45) is 0 Å². The molecule has 4 nitrogen and oxygen atoms in total. The van der Waals surface area contributed by atoms with E-state index in [-0.39, 0.29) is 28.3 Å². The summed E-state index contributed by atoms with van der Waals surface area (Å²) in [6.45, 7) is 0. The van der Waals surface area contributed by atoms with Gasteiger partial charge in [-0.25, -0.2) is 41.3 Å². The number of rotatable bonds is 8. The predicted molar refractivity (Wildman–Crippen MR) is 224 cm³/mol. The third kappa shape index (κ3) is 6.74. The van der Waals surface area contributed by atoms with E-state index in [0.717, 1.165) is 24.3 Å². The van der Waals surface area contributed by atoms with Gasteiger partial charge in [0.25, 0.3) is 0 Å². The molecule has 0 unspecified atom stereocenters. The fraction of sp³-hybridized carbons (Fsp3) is 0. The number of halogens is 6. The van der Waals surface area contributed by atoms with Gasteiger partial charge in [-0.3, -0.25) is 0 Å². The first-order chi connectivity index (χ1) is 29.1. The van der Waals surface area contributed by atoms with Crippen LogP contribution < -0.4 is 15.9 Å². The van der Waals surface area contributed by atoms with Crippen LogP contribution in [0.3, 0.4) is 0 Å². The molecular formula is C49H28F6N3OP. The molecule has 0 saturated carbocycles. The van der Waals surface area contributed by atoms with E-state index in [1.165, 1.54) is 30.3 Å². The van der Waals surface area contributed by atoms with Crippen molar-refractivity contribution < 1.29 is 30.9 Å². The van der Waals surface area contributed by atoms with Crippen LogP contribution in [0.15, 0.2) is 170 Å². The highest BCUT2D eigenvalue weighted by Gasteiger charge is 2.32. The topological polar surface area (TPSA) is 55.7 Å². The van der Waals surface area contributed by atoms with Gasteiger partial charge >= 0.3 is 0 Å². The molecule has 0 N–H and O–H groups in total. The smallest absolute Gasteiger partial charge is 0.173 e. The maximum Gasteiger partial charge on any atom is 0.173 e. The molecule has 60 heavy (non-hydrogen) atoms. The van der Waals surface area contributed by atoms with Gasteiger partial charge < -0.3 is 4.57 Å². The molecule has 292 valence electrons. The van der Waals surface area contributed by atoms with E-state index in [9.17, 15) is 13.3 Å². The van der Waals surface area contributed by atoms with Crippen LogP contribution in [0.1, 0.15) is 0 Å². The van der Waals surface area contributed by atoms with Gasteiger partial charge in [0, 0.05) is 27.0 Å². The summed E-state index contributed by atoms with van der Waals surface area (Å²) in [5, 5.41) is 2.79. The molecule has 0 bridgehead atoms. The van der Waals surface area contributed by atoms with E-state index in [4.69, 9.17) is 0 Å². The van der Waals surface area contributed by atoms with Crippen LogP contribution in [-0.2, 0) is 4.57 Å². The highest BCUT2D eigenvalue weighted by Crippen LogP contribution is 2.44. The van der Waals surface area contributed by atoms with Crippen molar-refractivity contribution in [3.05, 3.63) is 205 Å². The first-order valence-electron chi connectivity index (χ1n) is 18.6. The minimum atomic E-state index is -3.27. The number of nitrogens with zero attached hydrogens (tertiary/aromatic N) is 3. The van der Waals surface area contributed by atoms with Gasteiger partial charge in [-0.05, 0) is 76.0 Å². The Balaban J connectivity index is 1.15. The summed E-state index contributed by atoms with van der Waals surface area (Å²) in [5.41, 5.74) is -0.462. The molecular weight excluding hydrogens is 792 g/mol. The van der Waals surface area contributed by atoms with Crippen molar-refractivity contribution >= 4 is 33.8 Å². The van der Waals surface area contributed by atoms with Gasteiger partial charge in [-0.2, -0.15) is 0 Å². The molecule has 0 aliphatic rings. The lowest BCUT2D eigenvalue weighted by molar-refractivity contribution is 0.462. The van der Waals surface area contributed by atoms with Crippen LogP contribution in [0.25, 0.3) is 67.2 Å². The average Bonchev–Trinajstić information content (AvgIpc) is 3.29. The molecule has 0 spiro atoms. The summed E-state index contributed by atoms with van der Waals surface area (Å²) in [5.74, 6) is -9.12. The minimum absolute atomic E-state index is 0.113. The van der Waals surface area contributed by atoms with E-state index >= 15 is 17.6 Å². The highest BCUT2D eigenvalue weighted by molar-refractivity contribution is 7.85. The van der Waals surface area contributed by atoms with E-state index in [2.05, 4.69) is 15.0 Å². The van der Waals surface area contributed by atoms with Crippen molar-refractivity contribution in [1.82, 2.24) is 15.0 Å². The number of hydrogen-bond donors (Lipinski definition) is 0. The third-order valence-corrected chi connectivity index (χ3v) is 13.4. The summed E-state index contributed by atoms with van der Waals surface area (Å²) in [4.78, 5) is 12.6. The normalized spacial score (nSPS) is 11.6. The number of aromatic nitrogens is 3. The fourth-order valence-electron chi connectivity index (χ4n) is 7.35. The molecule has 0 aliphatic carbocycles. The van der Waals surface area contributed by atoms with Crippen molar-refractivity contribution in [2.75, 3.05) is 0 Å². The van der Waals surface area contributed by atoms with Gasteiger partial charge in [0.05, 0.1) is 11.1 Å². The zero-order valence-corrected chi connectivity index (χ0v) is 32.0. The molecule has 0 saturated heterocycles. The van der Waals surface area contributed by atoms with Gasteiger partial charge in [0.2, 0.25) is 0 Å². The molecule has 1 aromatic heterocycles. The Labute approximate surface area is 339 Å². The average molecular weight is 820 g/mol. The number of fused-ring (bicyclic) bond motifs is 1. The van der Waals surface area contributed by atoms with Crippen molar-refractivity contribution in [2.45, 2.75) is 0 Å². The Morgan fingerprint density at radius 3 is 1.18 bits per heavy atom. The molecule has 0 radical (unpaired) electrons. The second-order valence-corrected chi connectivity index (χ2v) is 16.6. The molecule has 0 fully saturated rings. The zero-order valence-electron chi connectivity index (χ0n) is 31.1. The summed E-state index contributed by atoms with van der Waals surface area (Å²) in [6.07, 6.45) is 0. The van der Waals surface area contributed by atoms with E-state index in [0.29, 0.717) is 37.8 Å². The van der Waals surface area contributed by atoms with Gasteiger partial charge in [0.1, 0.15) is 11.6 Å². The molecule has 1 heterocycles. The summed E-state index contributed by atoms with van der Waals surface area (Å²) >= 11 is 0. The van der Waals surface area contributed by atoms with Crippen LogP contribution in [0.2, 0.25) is 0 Å². The molecule has 0 atom stereocenters. The lowest BCUT2D eigenvalue weighted by Crippen LogP contribution is -2.24. The number of benzene rings is 8. The van der Waals surface area contributed by atoms with Crippen molar-refractivity contribution in [3.8, 4) is 56.4 Å². The summed E-state index contributed by atoms with van der Waals surface area (Å²) in [7, 11) is -3.27. The second kappa shape index (κ2) is 15.5. The SMILES string of the molecule is O=P(c1ccccc1)(c1ccccc1)c1ccc(-c2ccc(-c3c(F)c(F)c(-c4nc(-c5ccc(F)cc5)nc(-c5ccc(F)cc5)n4)c(F)c3F)c3ccccc23)cc1. The Morgan fingerprint density at radius 1 is 0.333 bits per heavy atom. The first-order valence-corrected chi connectivity index (χ1v) is 20.3. The largest absolute Gasteiger partial charge is 0.309 e. The summed E-state index contributed by atoms with van der Waals surface area (Å²) < 4.78 is 108. The standard InChI is InChI=1S/C49H28F6N3OP/c50-32-21-15-30(16-22-32)47-56-48(31-17-23-33(51)24-18-31)58-49(57-47)42-45(54)43(52)41(44(53)46(42)55)40-28-27-37(38-13-7-8-14-39(38)40)29-19-25-36(26-20-29)60(59,34-9-3-1-4-10-34)35-11-5-2-6-12-35/h1-28H. The highest BCUT2D eigenvalue weighted by atomic mass is 31.2. The van der Waals surface area contributed by atoms with Gasteiger partial charge in [-0.1, -0.05) is 121 Å². The predicted octanol–water partition coefficient (Wildman–Crippen LogP) is 11.8. The second-order valence-electron chi connectivity index (χ2n) is 13.9. The minimum Gasteiger partial charge on any atom is -0.309 e. The molecule has 0 aliphatic heterocycles. The van der Waals surface area contributed by atoms with Crippen LogP contribution >= 0.6 is 7.14 Å². The Kier molecular flexibility index (Phi) is 9.94. The van der Waals surface area contributed by atoms with Crippen molar-refractivity contribution in [1.29, 1.82) is 0 Å². The Morgan fingerprint density at radius 2 is 0.700 bits per heavy atom. The Hall–Kier alpha value is -7.16. The Bertz CT molecular complexity index is 2980. The van der Waals surface area contributed by atoms with Crippen LogP contribution in [0, 0.1) is 34.9 Å². The maximum atomic E-state index is 16.4. The lowest BCUT2D eigenvalue weighted by Gasteiger charge is -2.20. The molecule has 8 aromatic carbocycles. The van der Waals surface area contributed by atoms with Gasteiger partial charge in [-0.15, -0.1) is 0 Å². The fourth-order valence-corrected chi connectivity index (χ4v) is 10.00. The third-order valence-electron chi connectivity index (χ3n) is 10.3. The first kappa shape index (κ1) is 38.4. The van der Waals surface area contributed by atoms with E-state index < -0.39 is 59.0 Å². The molecule has 11 heteroatoms. The van der Waals surface area contributed by atoms with Crippen LogP contribution in [-0.4, -0.2) is 15.0 Å². The maximum absolute atomic E-state index is 16.4. The van der Waals surface area contributed by atoms with E-state index in [1.807, 2.05) is 72.8 Å².